The Balaban J connectivity index is 1.03. The van der Waals surface area contributed by atoms with Crippen molar-refractivity contribution in [2.24, 2.45) is 5.92 Å². The van der Waals surface area contributed by atoms with E-state index in [-0.39, 0.29) is 18.2 Å². The fourth-order valence-corrected chi connectivity index (χ4v) is 6.52. The van der Waals surface area contributed by atoms with E-state index in [0.29, 0.717) is 18.1 Å². The van der Waals surface area contributed by atoms with E-state index in [9.17, 15) is 9.90 Å². The number of urea groups is 1. The molecule has 2 atom stereocenters. The Morgan fingerprint density at radius 2 is 1.37 bits per heavy atom. The van der Waals surface area contributed by atoms with E-state index < -0.39 is 0 Å². The van der Waals surface area contributed by atoms with E-state index in [1.807, 2.05) is 0 Å². The molecule has 5 heteroatoms. The molecule has 5 rings (SSSR count). The zero-order valence-corrected chi connectivity index (χ0v) is 18.1. The standard InChI is InChI=1S/C25H37N3O2/c29-20-11-9-19(10-12-20)27-25(30)26-18-7-5-17(6-8-18)15-16-28-23-13-14-24(28)22-4-2-1-3-21(22)23/h1-4,17-20,23-24,29H,5-16H2,(H2,26,27,30). The molecule has 0 radical (unpaired) electrons. The van der Waals surface area contributed by atoms with Crippen LogP contribution in [0.15, 0.2) is 24.3 Å². The molecule has 5 nitrogen and oxygen atoms in total. The maximum Gasteiger partial charge on any atom is 0.315 e. The summed E-state index contributed by atoms with van der Waals surface area (Å²) in [5.74, 6) is 0.800. The van der Waals surface area contributed by atoms with Gasteiger partial charge in [-0.15, -0.1) is 0 Å². The Labute approximate surface area is 180 Å². The van der Waals surface area contributed by atoms with Gasteiger partial charge in [-0.05, 0) is 94.2 Å². The van der Waals surface area contributed by atoms with Gasteiger partial charge in [-0.3, -0.25) is 4.90 Å². The molecule has 0 aromatic heterocycles. The fraction of sp³-hybridized carbons (Fsp3) is 0.720. The van der Waals surface area contributed by atoms with Crippen molar-refractivity contribution in [3.8, 4) is 0 Å². The number of carbonyl (C=O) groups excluding carboxylic acids is 1. The zero-order chi connectivity index (χ0) is 20.5. The normalized spacial score (nSPS) is 35.8. The Hall–Kier alpha value is -1.59. The Kier molecular flexibility index (Phi) is 6.01. The lowest BCUT2D eigenvalue weighted by molar-refractivity contribution is 0.117. The minimum atomic E-state index is -0.175. The van der Waals surface area contributed by atoms with Crippen molar-refractivity contribution in [3.63, 3.8) is 0 Å². The molecule has 3 fully saturated rings. The SMILES string of the molecule is O=C(NC1CCC(O)CC1)NC1CCC(CCN2C3CCC2c2ccccc23)CC1. The number of aliphatic hydroxyl groups is 1. The van der Waals surface area contributed by atoms with Crippen LogP contribution in [0.4, 0.5) is 4.79 Å². The van der Waals surface area contributed by atoms with Gasteiger partial charge in [-0.1, -0.05) is 24.3 Å². The van der Waals surface area contributed by atoms with Gasteiger partial charge < -0.3 is 15.7 Å². The molecule has 4 aliphatic rings. The number of hydrogen-bond donors (Lipinski definition) is 3. The predicted octanol–water partition coefficient (Wildman–Crippen LogP) is 4.43. The number of amides is 2. The first-order chi connectivity index (χ1) is 14.7. The summed E-state index contributed by atoms with van der Waals surface area (Å²) < 4.78 is 0. The van der Waals surface area contributed by atoms with Crippen LogP contribution in [0, 0.1) is 5.92 Å². The van der Waals surface area contributed by atoms with Crippen molar-refractivity contribution in [2.75, 3.05) is 6.54 Å². The van der Waals surface area contributed by atoms with Crippen molar-refractivity contribution >= 4 is 6.03 Å². The lowest BCUT2D eigenvalue weighted by Crippen LogP contribution is -2.48. The zero-order valence-electron chi connectivity index (χ0n) is 18.1. The number of nitrogens with zero attached hydrogens (tertiary/aromatic N) is 1. The van der Waals surface area contributed by atoms with E-state index in [1.54, 1.807) is 11.1 Å². The molecule has 30 heavy (non-hydrogen) atoms. The van der Waals surface area contributed by atoms with Gasteiger partial charge in [0.25, 0.3) is 0 Å². The average Bonchev–Trinajstić information content (AvgIpc) is 3.31. The summed E-state index contributed by atoms with van der Waals surface area (Å²) in [4.78, 5) is 15.1. The van der Waals surface area contributed by atoms with Gasteiger partial charge in [0.15, 0.2) is 0 Å². The van der Waals surface area contributed by atoms with E-state index in [4.69, 9.17) is 0 Å². The average molecular weight is 412 g/mol. The number of aliphatic hydroxyl groups excluding tert-OH is 1. The summed E-state index contributed by atoms with van der Waals surface area (Å²) >= 11 is 0. The van der Waals surface area contributed by atoms with Crippen molar-refractivity contribution in [1.29, 1.82) is 0 Å². The van der Waals surface area contributed by atoms with Crippen LogP contribution in [0.5, 0.6) is 0 Å². The maximum absolute atomic E-state index is 12.3. The minimum absolute atomic E-state index is 0.00811. The van der Waals surface area contributed by atoms with Crippen LogP contribution in [0.2, 0.25) is 0 Å². The van der Waals surface area contributed by atoms with E-state index in [0.717, 1.165) is 44.4 Å². The van der Waals surface area contributed by atoms with Crippen molar-refractivity contribution in [2.45, 2.75) is 101 Å². The van der Waals surface area contributed by atoms with Crippen molar-refractivity contribution < 1.29 is 9.90 Å². The summed E-state index contributed by atoms with van der Waals surface area (Å²) in [6, 6.07) is 10.9. The van der Waals surface area contributed by atoms with Gasteiger partial charge >= 0.3 is 6.03 Å². The van der Waals surface area contributed by atoms with E-state index in [1.165, 1.54) is 38.6 Å². The van der Waals surface area contributed by atoms with E-state index >= 15 is 0 Å². The molecule has 2 bridgehead atoms. The highest BCUT2D eigenvalue weighted by Gasteiger charge is 2.43. The third-order valence-electron chi connectivity index (χ3n) is 8.24. The summed E-state index contributed by atoms with van der Waals surface area (Å²) in [6.45, 7) is 1.22. The second-order valence-electron chi connectivity index (χ2n) is 10.1. The van der Waals surface area contributed by atoms with Crippen LogP contribution in [0.3, 0.4) is 0 Å². The smallest absolute Gasteiger partial charge is 0.315 e. The first-order valence-electron chi connectivity index (χ1n) is 12.3. The molecule has 2 amide bonds. The van der Waals surface area contributed by atoms with Gasteiger partial charge in [-0.25, -0.2) is 4.79 Å². The van der Waals surface area contributed by atoms with Crippen LogP contribution in [0.1, 0.15) is 93.8 Å². The largest absolute Gasteiger partial charge is 0.393 e. The highest BCUT2D eigenvalue weighted by Crippen LogP contribution is 2.53. The topological polar surface area (TPSA) is 64.6 Å². The summed E-state index contributed by atoms with van der Waals surface area (Å²) in [7, 11) is 0. The highest BCUT2D eigenvalue weighted by atomic mass is 16.3. The van der Waals surface area contributed by atoms with Crippen LogP contribution < -0.4 is 10.6 Å². The first kappa shape index (κ1) is 20.3. The third kappa shape index (κ3) is 4.24. The second-order valence-corrected chi connectivity index (χ2v) is 10.1. The Bertz CT molecular complexity index is 707. The molecule has 0 spiro atoms. The van der Waals surface area contributed by atoms with Crippen LogP contribution >= 0.6 is 0 Å². The molecule has 2 aliphatic carbocycles. The molecule has 1 aromatic rings. The number of fused-ring (bicyclic) bond motifs is 5. The van der Waals surface area contributed by atoms with Gasteiger partial charge in [0.1, 0.15) is 0 Å². The molecule has 2 saturated carbocycles. The summed E-state index contributed by atoms with van der Waals surface area (Å²) in [5, 5.41) is 15.9. The Morgan fingerprint density at radius 3 is 1.93 bits per heavy atom. The molecular weight excluding hydrogens is 374 g/mol. The number of carbonyl (C=O) groups is 1. The van der Waals surface area contributed by atoms with Gasteiger partial charge in [-0.2, -0.15) is 0 Å². The van der Waals surface area contributed by atoms with Crippen molar-refractivity contribution in [1.82, 2.24) is 15.5 Å². The van der Waals surface area contributed by atoms with Gasteiger partial charge in [0.05, 0.1) is 6.10 Å². The molecular formula is C25H37N3O2. The van der Waals surface area contributed by atoms with Gasteiger partial charge in [0.2, 0.25) is 0 Å². The third-order valence-corrected chi connectivity index (χ3v) is 8.24. The minimum Gasteiger partial charge on any atom is -0.393 e. The van der Waals surface area contributed by atoms with Gasteiger partial charge in [0, 0.05) is 24.2 Å². The van der Waals surface area contributed by atoms with Crippen molar-refractivity contribution in [3.05, 3.63) is 35.4 Å². The highest BCUT2D eigenvalue weighted by molar-refractivity contribution is 5.74. The lowest BCUT2D eigenvalue weighted by atomic mass is 9.84. The first-order valence-corrected chi connectivity index (χ1v) is 12.3. The number of nitrogens with one attached hydrogen (secondary N) is 2. The number of rotatable bonds is 5. The lowest BCUT2D eigenvalue weighted by Gasteiger charge is -2.32. The molecule has 2 heterocycles. The molecule has 2 aliphatic heterocycles. The Morgan fingerprint density at radius 1 is 0.833 bits per heavy atom. The second kappa shape index (κ2) is 8.88. The fourth-order valence-electron chi connectivity index (χ4n) is 6.52. The molecule has 164 valence electrons. The summed E-state index contributed by atoms with van der Waals surface area (Å²) in [6.07, 6.45) is 11.8. The van der Waals surface area contributed by atoms with Crippen LogP contribution in [-0.2, 0) is 0 Å². The van der Waals surface area contributed by atoms with E-state index in [2.05, 4.69) is 39.8 Å². The van der Waals surface area contributed by atoms with Crippen LogP contribution in [-0.4, -0.2) is 40.8 Å². The molecule has 1 saturated heterocycles. The summed E-state index contributed by atoms with van der Waals surface area (Å²) in [5.41, 5.74) is 3.17. The molecule has 1 aromatic carbocycles. The maximum atomic E-state index is 12.3. The number of hydrogen-bond acceptors (Lipinski definition) is 3. The number of benzene rings is 1. The predicted molar refractivity (Wildman–Crippen MR) is 118 cm³/mol. The molecule has 2 unspecified atom stereocenters. The monoisotopic (exact) mass is 411 g/mol. The quantitative estimate of drug-likeness (QED) is 0.672. The van der Waals surface area contributed by atoms with Crippen LogP contribution in [0.25, 0.3) is 0 Å². The molecule has 3 N–H and O–H groups in total.